The standard InChI is InChI=1S/C22H26N4O2/c1-5-8-18-13-17(10-11-20(18)27-16(2)3)14-26(4)15-21-24-22(25-28-21)19-9-6-7-12-23-19/h5-7,9-13,16H,1,8,14-15H2,2-4H3. The summed E-state index contributed by atoms with van der Waals surface area (Å²) in [6.45, 7) is 9.23. The number of nitrogens with zero attached hydrogens (tertiary/aromatic N) is 4. The molecule has 2 aromatic heterocycles. The van der Waals surface area contributed by atoms with E-state index in [2.05, 4.69) is 38.7 Å². The van der Waals surface area contributed by atoms with Gasteiger partial charge >= 0.3 is 0 Å². The van der Waals surface area contributed by atoms with Gasteiger partial charge in [-0.2, -0.15) is 4.98 Å². The van der Waals surface area contributed by atoms with Crippen molar-refractivity contribution in [3.05, 3.63) is 72.3 Å². The van der Waals surface area contributed by atoms with E-state index in [0.717, 1.165) is 24.3 Å². The Balaban J connectivity index is 1.66. The van der Waals surface area contributed by atoms with Crippen LogP contribution in [0.25, 0.3) is 11.5 Å². The minimum atomic E-state index is 0.142. The van der Waals surface area contributed by atoms with Crippen LogP contribution in [0.3, 0.4) is 0 Å². The Kier molecular flexibility index (Phi) is 6.55. The van der Waals surface area contributed by atoms with Crippen LogP contribution in [-0.4, -0.2) is 33.2 Å². The molecule has 0 aliphatic carbocycles. The lowest BCUT2D eigenvalue weighted by Crippen LogP contribution is -2.17. The van der Waals surface area contributed by atoms with Gasteiger partial charge in [0.2, 0.25) is 11.7 Å². The third-order valence-electron chi connectivity index (χ3n) is 4.07. The lowest BCUT2D eigenvalue weighted by Gasteiger charge is -2.18. The molecule has 0 atom stereocenters. The highest BCUT2D eigenvalue weighted by molar-refractivity contribution is 5.47. The maximum Gasteiger partial charge on any atom is 0.241 e. The highest BCUT2D eigenvalue weighted by Gasteiger charge is 2.13. The summed E-state index contributed by atoms with van der Waals surface area (Å²) in [7, 11) is 2.02. The highest BCUT2D eigenvalue weighted by Crippen LogP contribution is 2.23. The smallest absolute Gasteiger partial charge is 0.241 e. The highest BCUT2D eigenvalue weighted by atomic mass is 16.5. The van der Waals surface area contributed by atoms with Gasteiger partial charge in [-0.25, -0.2) is 0 Å². The van der Waals surface area contributed by atoms with Crippen molar-refractivity contribution < 1.29 is 9.26 Å². The molecule has 0 radical (unpaired) electrons. The Morgan fingerprint density at radius 3 is 2.79 bits per heavy atom. The number of pyridine rings is 1. The predicted octanol–water partition coefficient (Wildman–Crippen LogP) is 4.28. The SMILES string of the molecule is C=CCc1cc(CN(C)Cc2nc(-c3ccccn3)no2)ccc1OC(C)C. The van der Waals surface area contributed by atoms with Gasteiger partial charge < -0.3 is 9.26 Å². The van der Waals surface area contributed by atoms with Gasteiger partial charge in [0.15, 0.2) is 0 Å². The minimum Gasteiger partial charge on any atom is -0.491 e. The monoisotopic (exact) mass is 378 g/mol. The van der Waals surface area contributed by atoms with E-state index in [0.29, 0.717) is 24.0 Å². The third kappa shape index (κ3) is 5.27. The zero-order valence-electron chi connectivity index (χ0n) is 16.6. The first-order chi connectivity index (χ1) is 13.5. The van der Waals surface area contributed by atoms with E-state index in [9.17, 15) is 0 Å². The summed E-state index contributed by atoms with van der Waals surface area (Å²) in [5, 5.41) is 4.02. The predicted molar refractivity (Wildman–Crippen MR) is 109 cm³/mol. The molecular weight excluding hydrogens is 352 g/mol. The second-order valence-corrected chi connectivity index (χ2v) is 7.00. The number of ether oxygens (including phenoxy) is 1. The van der Waals surface area contributed by atoms with Gasteiger partial charge in [-0.1, -0.05) is 29.4 Å². The van der Waals surface area contributed by atoms with Gasteiger partial charge in [-0.05, 0) is 56.6 Å². The summed E-state index contributed by atoms with van der Waals surface area (Å²) in [6, 6.07) is 11.9. The Morgan fingerprint density at radius 2 is 2.07 bits per heavy atom. The summed E-state index contributed by atoms with van der Waals surface area (Å²) in [4.78, 5) is 10.8. The molecule has 3 rings (SSSR count). The van der Waals surface area contributed by atoms with Crippen LogP contribution in [0.4, 0.5) is 0 Å². The quantitative estimate of drug-likeness (QED) is 0.518. The van der Waals surface area contributed by atoms with E-state index in [1.165, 1.54) is 5.56 Å². The molecule has 0 N–H and O–H groups in total. The average molecular weight is 378 g/mol. The number of rotatable bonds is 9. The fourth-order valence-corrected chi connectivity index (χ4v) is 2.93. The number of aromatic nitrogens is 3. The Morgan fingerprint density at radius 1 is 1.21 bits per heavy atom. The second-order valence-electron chi connectivity index (χ2n) is 7.00. The van der Waals surface area contributed by atoms with Crippen molar-refractivity contribution in [3.63, 3.8) is 0 Å². The van der Waals surface area contributed by atoms with Crippen molar-refractivity contribution in [1.82, 2.24) is 20.0 Å². The summed E-state index contributed by atoms with van der Waals surface area (Å²) >= 11 is 0. The van der Waals surface area contributed by atoms with Gasteiger partial charge in [0.25, 0.3) is 0 Å². The zero-order chi connectivity index (χ0) is 19.9. The molecule has 0 unspecified atom stereocenters. The Labute approximate surface area is 165 Å². The van der Waals surface area contributed by atoms with E-state index in [1.807, 2.05) is 51.2 Å². The minimum absolute atomic E-state index is 0.142. The topological polar surface area (TPSA) is 64.3 Å². The molecule has 2 heterocycles. The van der Waals surface area contributed by atoms with Crippen LogP contribution in [0.15, 0.2) is 59.8 Å². The fourth-order valence-electron chi connectivity index (χ4n) is 2.93. The molecular formula is C22H26N4O2. The molecule has 28 heavy (non-hydrogen) atoms. The van der Waals surface area contributed by atoms with Crippen LogP contribution >= 0.6 is 0 Å². The van der Waals surface area contributed by atoms with Crippen molar-refractivity contribution in [2.75, 3.05) is 7.05 Å². The van der Waals surface area contributed by atoms with Crippen molar-refractivity contribution in [2.45, 2.75) is 39.5 Å². The van der Waals surface area contributed by atoms with Crippen molar-refractivity contribution in [1.29, 1.82) is 0 Å². The van der Waals surface area contributed by atoms with Gasteiger partial charge in [-0.15, -0.1) is 6.58 Å². The lowest BCUT2D eigenvalue weighted by atomic mass is 10.1. The summed E-state index contributed by atoms with van der Waals surface area (Å²) in [5.41, 5.74) is 3.04. The molecule has 0 fully saturated rings. The number of allylic oxidation sites excluding steroid dienone is 1. The molecule has 6 heteroatoms. The van der Waals surface area contributed by atoms with E-state index in [1.54, 1.807) is 6.20 Å². The summed E-state index contributed by atoms with van der Waals surface area (Å²) < 4.78 is 11.3. The van der Waals surface area contributed by atoms with Gasteiger partial charge in [0, 0.05) is 12.7 Å². The summed E-state index contributed by atoms with van der Waals surface area (Å²) in [6.07, 6.45) is 4.53. The first kappa shape index (κ1) is 19.8. The molecule has 0 saturated carbocycles. The molecule has 146 valence electrons. The largest absolute Gasteiger partial charge is 0.491 e. The van der Waals surface area contributed by atoms with E-state index >= 15 is 0 Å². The van der Waals surface area contributed by atoms with E-state index in [-0.39, 0.29) is 6.10 Å². The first-order valence-corrected chi connectivity index (χ1v) is 9.37. The lowest BCUT2D eigenvalue weighted by molar-refractivity contribution is 0.239. The third-order valence-corrected chi connectivity index (χ3v) is 4.07. The molecule has 6 nitrogen and oxygen atoms in total. The van der Waals surface area contributed by atoms with Gasteiger partial charge in [-0.3, -0.25) is 9.88 Å². The molecule has 0 bridgehead atoms. The van der Waals surface area contributed by atoms with Gasteiger partial charge in [0.05, 0.1) is 12.6 Å². The van der Waals surface area contributed by atoms with E-state index in [4.69, 9.17) is 9.26 Å². The maximum atomic E-state index is 5.90. The van der Waals surface area contributed by atoms with Crippen LogP contribution in [-0.2, 0) is 19.5 Å². The average Bonchev–Trinajstić information content (AvgIpc) is 3.13. The zero-order valence-corrected chi connectivity index (χ0v) is 16.6. The Bertz CT molecular complexity index is 906. The van der Waals surface area contributed by atoms with Gasteiger partial charge in [0.1, 0.15) is 11.4 Å². The number of hydrogen-bond acceptors (Lipinski definition) is 6. The first-order valence-electron chi connectivity index (χ1n) is 9.37. The van der Waals surface area contributed by atoms with Crippen LogP contribution < -0.4 is 4.74 Å². The number of hydrogen-bond donors (Lipinski definition) is 0. The molecule has 0 saturated heterocycles. The molecule has 0 aliphatic heterocycles. The molecule has 1 aromatic carbocycles. The maximum absolute atomic E-state index is 5.90. The van der Waals surface area contributed by atoms with Crippen molar-refractivity contribution >= 4 is 0 Å². The fraction of sp³-hybridized carbons (Fsp3) is 0.318. The molecule has 0 aliphatic rings. The van der Waals surface area contributed by atoms with Crippen LogP contribution in [0.1, 0.15) is 30.9 Å². The Hall–Kier alpha value is -2.99. The summed E-state index contributed by atoms with van der Waals surface area (Å²) in [5.74, 6) is 1.99. The van der Waals surface area contributed by atoms with Crippen LogP contribution in [0, 0.1) is 0 Å². The number of benzene rings is 1. The molecule has 0 spiro atoms. The molecule has 3 aromatic rings. The van der Waals surface area contributed by atoms with Crippen LogP contribution in [0.5, 0.6) is 5.75 Å². The normalized spacial score (nSPS) is 11.2. The van der Waals surface area contributed by atoms with Crippen LogP contribution in [0.2, 0.25) is 0 Å². The van der Waals surface area contributed by atoms with Crippen molar-refractivity contribution in [3.8, 4) is 17.3 Å². The van der Waals surface area contributed by atoms with E-state index < -0.39 is 0 Å². The second kappa shape index (κ2) is 9.28. The van der Waals surface area contributed by atoms with Crippen molar-refractivity contribution in [2.24, 2.45) is 0 Å². The molecule has 0 amide bonds.